The van der Waals surface area contributed by atoms with Crippen LogP contribution in [0.2, 0.25) is 5.02 Å². The van der Waals surface area contributed by atoms with Gasteiger partial charge in [-0.3, -0.25) is 4.79 Å². The number of halogens is 1. The van der Waals surface area contributed by atoms with Crippen LogP contribution in [0, 0.1) is 6.92 Å². The lowest BCUT2D eigenvalue weighted by atomic mass is 10.4. The van der Waals surface area contributed by atoms with Gasteiger partial charge >= 0.3 is 0 Å². The molecule has 0 amide bonds. The predicted octanol–water partition coefficient (Wildman–Crippen LogP) is 0.732. The molecule has 0 aliphatic heterocycles. The second-order valence-electron chi connectivity index (χ2n) is 1.69. The number of aromatic amines is 1. The van der Waals surface area contributed by atoms with Gasteiger partial charge in [-0.05, 0) is 13.0 Å². The summed E-state index contributed by atoms with van der Waals surface area (Å²) in [4.78, 5) is 10.5. The van der Waals surface area contributed by atoms with Crippen molar-refractivity contribution >= 4 is 11.6 Å². The lowest BCUT2D eigenvalue weighted by Crippen LogP contribution is -2.08. The fourth-order valence-electron chi connectivity index (χ4n) is 0.474. The highest BCUT2D eigenvalue weighted by Gasteiger charge is 1.93. The maximum absolute atomic E-state index is 10.5. The Balaban J connectivity index is 3.34. The summed E-state index contributed by atoms with van der Waals surface area (Å²) in [5.74, 6) is 0. The van der Waals surface area contributed by atoms with E-state index in [0.29, 0.717) is 5.69 Å². The molecule has 48 valence electrons. The van der Waals surface area contributed by atoms with Crippen molar-refractivity contribution in [3.8, 4) is 0 Å². The van der Waals surface area contributed by atoms with Crippen molar-refractivity contribution in [2.45, 2.75) is 6.92 Å². The van der Waals surface area contributed by atoms with Gasteiger partial charge in [0, 0.05) is 0 Å². The normalized spacial score (nSPS) is 9.56. The molecule has 0 aliphatic rings. The largest absolute Gasteiger partial charge is 0.282 e. The van der Waals surface area contributed by atoms with Gasteiger partial charge in [0.15, 0.2) is 0 Å². The van der Waals surface area contributed by atoms with E-state index in [-0.39, 0.29) is 10.6 Å². The molecular formula is C5H5ClN2O. The van der Waals surface area contributed by atoms with Crippen molar-refractivity contribution in [1.82, 2.24) is 10.2 Å². The highest BCUT2D eigenvalue weighted by molar-refractivity contribution is 6.30. The van der Waals surface area contributed by atoms with Crippen molar-refractivity contribution < 1.29 is 0 Å². The van der Waals surface area contributed by atoms with Crippen LogP contribution < -0.4 is 5.56 Å². The summed E-state index contributed by atoms with van der Waals surface area (Å²) in [7, 11) is 0. The monoisotopic (exact) mass is 144 g/mol. The van der Waals surface area contributed by atoms with Gasteiger partial charge in [0.05, 0.1) is 5.69 Å². The van der Waals surface area contributed by atoms with Crippen LogP contribution in [0.25, 0.3) is 0 Å². The Hall–Kier alpha value is -0.830. The number of nitrogens with zero attached hydrogens (tertiary/aromatic N) is 1. The maximum Gasteiger partial charge on any atom is 0.282 e. The van der Waals surface area contributed by atoms with Crippen LogP contribution in [0.1, 0.15) is 5.69 Å². The van der Waals surface area contributed by atoms with Crippen molar-refractivity contribution in [3.63, 3.8) is 0 Å². The molecule has 0 radical (unpaired) electrons. The molecule has 3 nitrogen and oxygen atoms in total. The van der Waals surface area contributed by atoms with Crippen molar-refractivity contribution in [2.75, 3.05) is 0 Å². The first-order valence-corrected chi connectivity index (χ1v) is 2.80. The first-order chi connectivity index (χ1) is 4.20. The number of H-pyrrole nitrogens is 1. The zero-order chi connectivity index (χ0) is 6.85. The molecule has 0 aliphatic carbocycles. The van der Waals surface area contributed by atoms with E-state index in [2.05, 4.69) is 10.2 Å². The van der Waals surface area contributed by atoms with Crippen LogP contribution in [-0.4, -0.2) is 10.2 Å². The Morgan fingerprint density at radius 1 is 1.78 bits per heavy atom. The summed E-state index contributed by atoms with van der Waals surface area (Å²) >= 11 is 5.43. The van der Waals surface area contributed by atoms with Gasteiger partial charge in [-0.2, -0.15) is 5.10 Å². The van der Waals surface area contributed by atoms with Crippen molar-refractivity contribution in [1.29, 1.82) is 0 Å². The summed E-state index contributed by atoms with van der Waals surface area (Å²) in [6.45, 7) is 1.75. The van der Waals surface area contributed by atoms with Gasteiger partial charge in [-0.1, -0.05) is 11.6 Å². The molecule has 0 fully saturated rings. The molecule has 0 saturated carbocycles. The Bertz CT molecular complexity index is 268. The third-order valence-corrected chi connectivity index (χ3v) is 1.17. The third-order valence-electron chi connectivity index (χ3n) is 0.886. The number of aromatic nitrogens is 2. The average Bonchev–Trinajstić information content (AvgIpc) is 1.80. The van der Waals surface area contributed by atoms with E-state index in [1.807, 2.05) is 0 Å². The van der Waals surface area contributed by atoms with E-state index < -0.39 is 0 Å². The second-order valence-corrected chi connectivity index (χ2v) is 2.09. The molecule has 0 saturated heterocycles. The predicted molar refractivity (Wildman–Crippen MR) is 34.6 cm³/mol. The Morgan fingerprint density at radius 2 is 2.44 bits per heavy atom. The molecule has 4 heteroatoms. The molecule has 1 aromatic heterocycles. The summed E-state index contributed by atoms with van der Waals surface area (Å²) in [6, 6.07) is 1.51. The summed E-state index contributed by atoms with van der Waals surface area (Å²) in [6.07, 6.45) is 0. The SMILES string of the molecule is Cc1cc(Cl)c(=O)[nH]n1. The standard InChI is InChI=1S/C5H5ClN2O/c1-3-2-4(6)5(9)8-7-3/h2H,1H3,(H,8,9). The molecule has 0 unspecified atom stereocenters. The van der Waals surface area contributed by atoms with Crippen LogP contribution >= 0.6 is 11.6 Å². The Kier molecular flexibility index (Phi) is 1.53. The van der Waals surface area contributed by atoms with Crippen LogP contribution in [0.15, 0.2) is 10.9 Å². The Morgan fingerprint density at radius 3 is 2.89 bits per heavy atom. The number of hydrogen-bond acceptors (Lipinski definition) is 2. The molecule has 1 rings (SSSR count). The zero-order valence-corrected chi connectivity index (χ0v) is 5.57. The van der Waals surface area contributed by atoms with Gasteiger partial charge in [0.2, 0.25) is 0 Å². The molecule has 1 heterocycles. The minimum Gasteiger partial charge on any atom is -0.266 e. The number of rotatable bonds is 0. The zero-order valence-electron chi connectivity index (χ0n) is 4.81. The molecule has 1 aromatic rings. The lowest BCUT2D eigenvalue weighted by Gasteiger charge is -1.88. The third kappa shape index (κ3) is 1.29. The lowest BCUT2D eigenvalue weighted by molar-refractivity contribution is 0.946. The van der Waals surface area contributed by atoms with Gasteiger partial charge in [0.1, 0.15) is 5.02 Å². The summed E-state index contributed by atoms with van der Waals surface area (Å²) in [5, 5.41) is 6.03. The minimum absolute atomic E-state index is 0.183. The van der Waals surface area contributed by atoms with E-state index in [9.17, 15) is 4.79 Å². The van der Waals surface area contributed by atoms with E-state index in [1.165, 1.54) is 6.07 Å². The van der Waals surface area contributed by atoms with Gasteiger partial charge < -0.3 is 0 Å². The minimum atomic E-state index is -0.345. The summed E-state index contributed by atoms with van der Waals surface area (Å²) in [5.41, 5.74) is 0.363. The molecule has 9 heavy (non-hydrogen) atoms. The van der Waals surface area contributed by atoms with Crippen LogP contribution in [0.3, 0.4) is 0 Å². The quantitative estimate of drug-likeness (QED) is 0.584. The first-order valence-electron chi connectivity index (χ1n) is 2.42. The molecule has 0 aromatic carbocycles. The van der Waals surface area contributed by atoms with E-state index in [0.717, 1.165) is 0 Å². The van der Waals surface area contributed by atoms with Crippen LogP contribution in [0.4, 0.5) is 0 Å². The maximum atomic E-state index is 10.5. The summed E-state index contributed by atoms with van der Waals surface area (Å²) < 4.78 is 0. The van der Waals surface area contributed by atoms with Crippen molar-refractivity contribution in [2.24, 2.45) is 0 Å². The van der Waals surface area contributed by atoms with Gasteiger partial charge in [0.25, 0.3) is 5.56 Å². The van der Waals surface area contributed by atoms with E-state index in [4.69, 9.17) is 11.6 Å². The van der Waals surface area contributed by atoms with E-state index in [1.54, 1.807) is 6.92 Å². The first kappa shape index (κ1) is 6.29. The number of aryl methyl sites for hydroxylation is 1. The average molecular weight is 145 g/mol. The van der Waals surface area contributed by atoms with Crippen molar-refractivity contribution in [3.05, 3.63) is 27.1 Å². The molecular weight excluding hydrogens is 140 g/mol. The number of nitrogens with one attached hydrogen (secondary N) is 1. The molecule has 0 spiro atoms. The fraction of sp³-hybridized carbons (Fsp3) is 0.200. The smallest absolute Gasteiger partial charge is 0.266 e. The van der Waals surface area contributed by atoms with E-state index >= 15 is 0 Å². The van der Waals surface area contributed by atoms with Crippen LogP contribution in [-0.2, 0) is 0 Å². The topological polar surface area (TPSA) is 45.8 Å². The highest BCUT2D eigenvalue weighted by atomic mass is 35.5. The highest BCUT2D eigenvalue weighted by Crippen LogP contribution is 1.98. The van der Waals surface area contributed by atoms with Gasteiger partial charge in [-0.15, -0.1) is 0 Å². The number of hydrogen-bond donors (Lipinski definition) is 1. The second kappa shape index (κ2) is 2.19. The van der Waals surface area contributed by atoms with Gasteiger partial charge in [-0.25, -0.2) is 5.10 Å². The molecule has 0 bridgehead atoms. The van der Waals surface area contributed by atoms with Crippen LogP contribution in [0.5, 0.6) is 0 Å². The molecule has 0 atom stereocenters. The molecule has 1 N–H and O–H groups in total. The Labute approximate surface area is 56.7 Å². The fourth-order valence-corrected chi connectivity index (χ4v) is 0.674.